The Labute approximate surface area is 94.2 Å². The molecule has 1 aromatic rings. The Morgan fingerprint density at radius 1 is 1.67 bits per heavy atom. The SMILES string of the molecule is C=CCCC(=O)Nc1ccc(Cl)nc1C. The van der Waals surface area contributed by atoms with Crippen molar-refractivity contribution in [1.29, 1.82) is 0 Å². The minimum Gasteiger partial charge on any atom is -0.324 e. The molecule has 1 heterocycles. The van der Waals surface area contributed by atoms with Crippen LogP contribution in [-0.4, -0.2) is 10.9 Å². The summed E-state index contributed by atoms with van der Waals surface area (Å²) in [5.41, 5.74) is 1.42. The Morgan fingerprint density at radius 2 is 2.40 bits per heavy atom. The fourth-order valence-electron chi connectivity index (χ4n) is 1.11. The first kappa shape index (κ1) is 11.7. The quantitative estimate of drug-likeness (QED) is 0.631. The van der Waals surface area contributed by atoms with Gasteiger partial charge in [-0.15, -0.1) is 6.58 Å². The summed E-state index contributed by atoms with van der Waals surface area (Å²) < 4.78 is 0. The zero-order valence-corrected chi connectivity index (χ0v) is 9.34. The van der Waals surface area contributed by atoms with E-state index in [0.717, 1.165) is 5.69 Å². The normalized spacial score (nSPS) is 9.73. The molecule has 1 aromatic heterocycles. The van der Waals surface area contributed by atoms with Gasteiger partial charge in [0.25, 0.3) is 0 Å². The molecule has 0 aliphatic heterocycles. The maximum atomic E-state index is 11.4. The van der Waals surface area contributed by atoms with Crippen molar-refractivity contribution in [3.8, 4) is 0 Å². The first-order chi connectivity index (χ1) is 7.13. The van der Waals surface area contributed by atoms with Crippen LogP contribution in [0.5, 0.6) is 0 Å². The van der Waals surface area contributed by atoms with Crippen LogP contribution in [0.15, 0.2) is 24.8 Å². The number of aryl methyl sites for hydroxylation is 1. The summed E-state index contributed by atoms with van der Waals surface area (Å²) in [5.74, 6) is -0.0397. The number of nitrogens with zero attached hydrogens (tertiary/aromatic N) is 1. The Kier molecular flexibility index (Phi) is 4.31. The molecule has 0 atom stereocenters. The van der Waals surface area contributed by atoms with E-state index in [0.29, 0.717) is 23.7 Å². The van der Waals surface area contributed by atoms with Crippen molar-refractivity contribution in [2.75, 3.05) is 5.32 Å². The van der Waals surface area contributed by atoms with E-state index in [1.165, 1.54) is 0 Å². The molecule has 1 N–H and O–H groups in total. The van der Waals surface area contributed by atoms with Crippen LogP contribution in [0.25, 0.3) is 0 Å². The number of carbonyl (C=O) groups excluding carboxylic acids is 1. The Morgan fingerprint density at radius 3 is 3.00 bits per heavy atom. The highest BCUT2D eigenvalue weighted by Crippen LogP contribution is 2.15. The van der Waals surface area contributed by atoms with Crippen LogP contribution in [0.1, 0.15) is 18.5 Å². The molecule has 0 radical (unpaired) electrons. The number of anilines is 1. The predicted molar refractivity (Wildman–Crippen MR) is 62.0 cm³/mol. The van der Waals surface area contributed by atoms with Crippen LogP contribution in [-0.2, 0) is 4.79 Å². The van der Waals surface area contributed by atoms with Crippen molar-refractivity contribution in [3.63, 3.8) is 0 Å². The number of hydrogen-bond donors (Lipinski definition) is 1. The third kappa shape index (κ3) is 3.72. The number of amides is 1. The van der Waals surface area contributed by atoms with Gasteiger partial charge in [-0.25, -0.2) is 4.98 Å². The predicted octanol–water partition coefficient (Wildman–Crippen LogP) is 2.95. The monoisotopic (exact) mass is 224 g/mol. The number of allylic oxidation sites excluding steroid dienone is 1. The number of rotatable bonds is 4. The second kappa shape index (κ2) is 5.51. The molecule has 0 fully saturated rings. The minimum absolute atomic E-state index is 0.0397. The average molecular weight is 225 g/mol. The van der Waals surface area contributed by atoms with Crippen molar-refractivity contribution in [2.24, 2.45) is 0 Å². The number of nitrogens with one attached hydrogen (secondary N) is 1. The molecule has 0 saturated heterocycles. The summed E-state index contributed by atoms with van der Waals surface area (Å²) in [4.78, 5) is 15.4. The fraction of sp³-hybridized carbons (Fsp3) is 0.273. The largest absolute Gasteiger partial charge is 0.324 e. The highest BCUT2D eigenvalue weighted by atomic mass is 35.5. The lowest BCUT2D eigenvalue weighted by molar-refractivity contribution is -0.116. The second-order valence-electron chi connectivity index (χ2n) is 3.14. The molecule has 15 heavy (non-hydrogen) atoms. The van der Waals surface area contributed by atoms with Gasteiger partial charge in [-0.3, -0.25) is 4.79 Å². The summed E-state index contributed by atoms with van der Waals surface area (Å²) in [5, 5.41) is 3.19. The van der Waals surface area contributed by atoms with Gasteiger partial charge in [0.05, 0.1) is 11.4 Å². The van der Waals surface area contributed by atoms with E-state index in [-0.39, 0.29) is 5.91 Å². The molecular formula is C11H13ClN2O. The smallest absolute Gasteiger partial charge is 0.224 e. The molecule has 80 valence electrons. The summed E-state index contributed by atoms with van der Waals surface area (Å²) in [7, 11) is 0. The number of pyridine rings is 1. The van der Waals surface area contributed by atoms with Crippen LogP contribution in [0.2, 0.25) is 5.15 Å². The van der Waals surface area contributed by atoms with Gasteiger partial charge in [-0.2, -0.15) is 0 Å². The topological polar surface area (TPSA) is 42.0 Å². The average Bonchev–Trinajstić information content (AvgIpc) is 2.19. The first-order valence-electron chi connectivity index (χ1n) is 4.67. The van der Waals surface area contributed by atoms with Gasteiger partial charge in [0.2, 0.25) is 5.91 Å². The van der Waals surface area contributed by atoms with E-state index in [9.17, 15) is 4.79 Å². The van der Waals surface area contributed by atoms with E-state index >= 15 is 0 Å². The summed E-state index contributed by atoms with van der Waals surface area (Å²) in [6.45, 7) is 5.36. The summed E-state index contributed by atoms with van der Waals surface area (Å²) >= 11 is 5.70. The van der Waals surface area contributed by atoms with Gasteiger partial charge in [-0.1, -0.05) is 17.7 Å². The third-order valence-electron chi connectivity index (χ3n) is 1.90. The second-order valence-corrected chi connectivity index (χ2v) is 3.53. The molecule has 0 aliphatic carbocycles. The lowest BCUT2D eigenvalue weighted by atomic mass is 10.2. The standard InChI is InChI=1S/C11H13ClN2O/c1-3-4-5-11(15)14-9-6-7-10(12)13-8(9)2/h3,6-7H,1,4-5H2,2H3,(H,14,15). The number of carbonyl (C=O) groups is 1. The maximum Gasteiger partial charge on any atom is 0.224 e. The van der Waals surface area contributed by atoms with Crippen LogP contribution in [0, 0.1) is 6.92 Å². The van der Waals surface area contributed by atoms with Crippen LogP contribution in [0.3, 0.4) is 0 Å². The van der Waals surface area contributed by atoms with Gasteiger partial charge in [0.1, 0.15) is 5.15 Å². The van der Waals surface area contributed by atoms with Crippen molar-refractivity contribution in [1.82, 2.24) is 4.98 Å². The van der Waals surface area contributed by atoms with Crippen LogP contribution in [0.4, 0.5) is 5.69 Å². The van der Waals surface area contributed by atoms with E-state index < -0.39 is 0 Å². The molecule has 0 unspecified atom stereocenters. The highest BCUT2D eigenvalue weighted by molar-refractivity contribution is 6.29. The fourth-order valence-corrected chi connectivity index (χ4v) is 1.30. The maximum absolute atomic E-state index is 11.4. The molecule has 0 saturated carbocycles. The van der Waals surface area contributed by atoms with Crippen LogP contribution >= 0.6 is 11.6 Å². The Bertz CT molecular complexity index is 377. The lowest BCUT2D eigenvalue weighted by Crippen LogP contribution is -2.12. The number of halogens is 1. The number of aromatic nitrogens is 1. The van der Waals surface area contributed by atoms with Gasteiger partial charge in [0, 0.05) is 6.42 Å². The molecule has 0 aliphatic rings. The molecular weight excluding hydrogens is 212 g/mol. The summed E-state index contributed by atoms with van der Waals surface area (Å²) in [6.07, 6.45) is 2.82. The Hall–Kier alpha value is -1.35. The van der Waals surface area contributed by atoms with Crippen molar-refractivity contribution < 1.29 is 4.79 Å². The minimum atomic E-state index is -0.0397. The molecule has 0 bridgehead atoms. The van der Waals surface area contributed by atoms with Crippen molar-refractivity contribution in [2.45, 2.75) is 19.8 Å². The zero-order valence-electron chi connectivity index (χ0n) is 8.59. The van der Waals surface area contributed by atoms with Gasteiger partial charge in [-0.05, 0) is 25.5 Å². The molecule has 1 rings (SSSR count). The van der Waals surface area contributed by atoms with E-state index in [1.807, 2.05) is 0 Å². The van der Waals surface area contributed by atoms with Gasteiger partial charge >= 0.3 is 0 Å². The molecule has 0 aromatic carbocycles. The third-order valence-corrected chi connectivity index (χ3v) is 2.11. The number of hydrogen-bond acceptors (Lipinski definition) is 2. The van der Waals surface area contributed by atoms with E-state index in [4.69, 9.17) is 11.6 Å². The first-order valence-corrected chi connectivity index (χ1v) is 5.05. The van der Waals surface area contributed by atoms with E-state index in [2.05, 4.69) is 16.9 Å². The highest BCUT2D eigenvalue weighted by Gasteiger charge is 2.04. The van der Waals surface area contributed by atoms with Crippen LogP contribution < -0.4 is 5.32 Å². The molecule has 3 nitrogen and oxygen atoms in total. The summed E-state index contributed by atoms with van der Waals surface area (Å²) in [6, 6.07) is 3.40. The van der Waals surface area contributed by atoms with Gasteiger partial charge < -0.3 is 5.32 Å². The Balaban J connectivity index is 2.64. The van der Waals surface area contributed by atoms with Crippen molar-refractivity contribution in [3.05, 3.63) is 35.6 Å². The van der Waals surface area contributed by atoms with E-state index in [1.54, 1.807) is 25.1 Å². The molecule has 1 amide bonds. The van der Waals surface area contributed by atoms with Gasteiger partial charge in [0.15, 0.2) is 0 Å². The zero-order chi connectivity index (χ0) is 11.3. The molecule has 4 heteroatoms. The molecule has 0 spiro atoms. The van der Waals surface area contributed by atoms with Crippen molar-refractivity contribution >= 4 is 23.2 Å². The lowest BCUT2D eigenvalue weighted by Gasteiger charge is -2.06.